The Morgan fingerprint density at radius 3 is 2.47 bits per heavy atom. The number of nitrogens with one attached hydrogen (secondary N) is 1. The molecule has 9 unspecified atom stereocenters. The molecule has 2 aliphatic rings. The van der Waals surface area contributed by atoms with Gasteiger partial charge in [-0.1, -0.05) is 0 Å². The van der Waals surface area contributed by atoms with Crippen LogP contribution in [-0.2, 0) is 23.3 Å². The first kappa shape index (κ1) is 29.4. The number of aliphatic hydroxyl groups excluding tert-OH is 4. The summed E-state index contributed by atoms with van der Waals surface area (Å²) in [5.41, 5.74) is 11.0. The van der Waals surface area contributed by atoms with Crippen LogP contribution in [-0.4, -0.2) is 108 Å². The van der Waals surface area contributed by atoms with Gasteiger partial charge in [-0.15, -0.1) is 0 Å². The van der Waals surface area contributed by atoms with Gasteiger partial charge in [-0.3, -0.25) is 28.0 Å². The number of ether oxygens (including phenoxy) is 3. The van der Waals surface area contributed by atoms with Crippen molar-refractivity contribution in [2.24, 2.45) is 5.92 Å². The fourth-order valence-electron chi connectivity index (χ4n) is 5.08. The predicted octanol–water partition coefficient (Wildman–Crippen LogP) is -2.91. The second-order valence-corrected chi connectivity index (χ2v) is 11.6. The Morgan fingerprint density at radius 1 is 1.00 bits per heavy atom. The average Bonchev–Trinajstić information content (AvgIpc) is 3.70. The molecule has 2 aliphatic heterocycles. The lowest BCUT2D eigenvalue weighted by atomic mass is 10.00. The molecule has 232 valence electrons. The molecule has 0 spiro atoms. The molecule has 2 saturated heterocycles. The van der Waals surface area contributed by atoms with Crippen LogP contribution in [0.5, 0.6) is 0 Å². The van der Waals surface area contributed by atoms with Gasteiger partial charge in [-0.2, -0.15) is 4.98 Å². The van der Waals surface area contributed by atoms with Crippen molar-refractivity contribution < 1.29 is 48.6 Å². The third-order valence-corrected chi connectivity index (χ3v) is 8.13. The lowest BCUT2D eigenvalue weighted by molar-refractivity contribution is -0.158. The standard InChI is InChI=1S/C21H27N10O11P/c22-13-8-14(25-3-24-13)30(4-26-8)17-10(33)7(1-2-32)20(41-17)39-6-43(37,38)42-12-11(34)19(36)40-18(12)31-5-27-9-15(31)28-21(23)29-16(9)35/h3-5,7,10-12,17-20,32-34,36H,1-2,6H2,(H,37,38)(H2,22,24,25)(H3,23,28,29,35). The van der Waals surface area contributed by atoms with Gasteiger partial charge in [0.15, 0.2) is 54.0 Å². The van der Waals surface area contributed by atoms with E-state index in [-0.39, 0.29) is 47.1 Å². The van der Waals surface area contributed by atoms with E-state index in [1.807, 2.05) is 0 Å². The highest BCUT2D eigenvalue weighted by atomic mass is 31.2. The zero-order chi connectivity index (χ0) is 30.6. The maximum absolute atomic E-state index is 13.2. The molecule has 2 fully saturated rings. The van der Waals surface area contributed by atoms with E-state index in [4.69, 9.17) is 30.2 Å². The van der Waals surface area contributed by atoms with E-state index < -0.39 is 68.8 Å². The zero-order valence-electron chi connectivity index (χ0n) is 21.9. The lowest BCUT2D eigenvalue weighted by Gasteiger charge is -2.25. The molecule has 0 amide bonds. The monoisotopic (exact) mass is 626 g/mol. The maximum atomic E-state index is 13.2. The summed E-state index contributed by atoms with van der Waals surface area (Å²) in [5.74, 6) is -1.02. The van der Waals surface area contributed by atoms with Crippen molar-refractivity contribution in [3.05, 3.63) is 29.3 Å². The molecule has 0 radical (unpaired) electrons. The number of aliphatic hydroxyl groups is 4. The molecule has 21 nitrogen and oxygen atoms in total. The largest absolute Gasteiger partial charge is 0.396 e. The van der Waals surface area contributed by atoms with Gasteiger partial charge in [0, 0.05) is 12.5 Å². The minimum atomic E-state index is -4.77. The Kier molecular flexibility index (Phi) is 7.62. The van der Waals surface area contributed by atoms with Crippen LogP contribution in [0.1, 0.15) is 18.9 Å². The Hall–Kier alpha value is -3.63. The molecule has 22 heteroatoms. The van der Waals surface area contributed by atoms with Gasteiger partial charge in [0.05, 0.1) is 12.7 Å². The van der Waals surface area contributed by atoms with E-state index in [0.29, 0.717) is 0 Å². The van der Waals surface area contributed by atoms with Crippen molar-refractivity contribution in [3.63, 3.8) is 0 Å². The second kappa shape index (κ2) is 11.1. The summed E-state index contributed by atoms with van der Waals surface area (Å²) in [6.45, 7) is -0.365. The van der Waals surface area contributed by atoms with Crippen molar-refractivity contribution >= 4 is 41.7 Å². The molecule has 43 heavy (non-hydrogen) atoms. The van der Waals surface area contributed by atoms with Crippen LogP contribution in [0.2, 0.25) is 0 Å². The van der Waals surface area contributed by atoms with Crippen LogP contribution in [0.4, 0.5) is 11.8 Å². The van der Waals surface area contributed by atoms with Gasteiger partial charge in [-0.25, -0.2) is 19.9 Å². The summed E-state index contributed by atoms with van der Waals surface area (Å²) in [4.78, 5) is 45.2. The van der Waals surface area contributed by atoms with Gasteiger partial charge < -0.3 is 51.0 Å². The number of nitrogens with two attached hydrogens (primary N) is 2. The van der Waals surface area contributed by atoms with Crippen molar-refractivity contribution in [1.29, 1.82) is 0 Å². The number of rotatable bonds is 9. The molecule has 0 bridgehead atoms. The summed E-state index contributed by atoms with van der Waals surface area (Å²) in [5, 5.41) is 41.3. The van der Waals surface area contributed by atoms with Crippen LogP contribution in [0, 0.1) is 5.92 Å². The molecular formula is C21H27N10O11P. The smallest absolute Gasteiger partial charge is 0.354 e. The van der Waals surface area contributed by atoms with Gasteiger partial charge in [-0.05, 0) is 6.42 Å². The molecule has 4 aromatic rings. The van der Waals surface area contributed by atoms with Crippen LogP contribution < -0.4 is 17.0 Å². The normalized spacial score (nSPS) is 30.8. The minimum Gasteiger partial charge on any atom is -0.396 e. The van der Waals surface area contributed by atoms with E-state index in [1.165, 1.54) is 17.2 Å². The second-order valence-electron chi connectivity index (χ2n) is 9.83. The third kappa shape index (κ3) is 5.25. The number of aromatic amines is 1. The van der Waals surface area contributed by atoms with Crippen LogP contribution in [0.15, 0.2) is 23.8 Å². The third-order valence-electron chi connectivity index (χ3n) is 7.08. The Labute approximate surface area is 239 Å². The van der Waals surface area contributed by atoms with Gasteiger partial charge >= 0.3 is 7.60 Å². The van der Waals surface area contributed by atoms with Crippen LogP contribution >= 0.6 is 7.60 Å². The fourth-order valence-corrected chi connectivity index (χ4v) is 6.09. The van der Waals surface area contributed by atoms with Crippen molar-refractivity contribution in [1.82, 2.24) is 39.0 Å². The van der Waals surface area contributed by atoms with Gasteiger partial charge in [0.25, 0.3) is 5.56 Å². The average molecular weight is 626 g/mol. The highest BCUT2D eigenvalue weighted by Gasteiger charge is 2.50. The van der Waals surface area contributed by atoms with Crippen molar-refractivity contribution in [2.45, 2.75) is 49.8 Å². The number of aromatic nitrogens is 8. The molecule has 4 aromatic heterocycles. The molecular weight excluding hydrogens is 599 g/mol. The van der Waals surface area contributed by atoms with Crippen molar-refractivity contribution in [3.8, 4) is 0 Å². The SMILES string of the molecule is Nc1nc2c(ncn2C2OC(O)C(O)C2OP(=O)(O)COC2OC(n3cnc4c(N)ncnc43)C(O)C2CCO)c(=O)[nH]1. The zero-order valence-corrected chi connectivity index (χ0v) is 22.8. The molecule has 6 rings (SSSR count). The number of nitrogens with zero attached hydrogens (tertiary/aromatic N) is 7. The van der Waals surface area contributed by atoms with Gasteiger partial charge in [0.1, 0.15) is 30.2 Å². The summed E-state index contributed by atoms with van der Waals surface area (Å²) < 4.78 is 37.7. The summed E-state index contributed by atoms with van der Waals surface area (Å²) in [7, 11) is -4.77. The van der Waals surface area contributed by atoms with Crippen LogP contribution in [0.3, 0.4) is 0 Å². The maximum Gasteiger partial charge on any atom is 0.354 e. The highest BCUT2D eigenvalue weighted by Crippen LogP contribution is 2.49. The number of H-pyrrole nitrogens is 1. The molecule has 6 heterocycles. The summed E-state index contributed by atoms with van der Waals surface area (Å²) >= 11 is 0. The first-order valence-electron chi connectivity index (χ1n) is 12.7. The number of imidazole rings is 2. The Balaban J connectivity index is 1.20. The first-order valence-corrected chi connectivity index (χ1v) is 14.5. The minimum absolute atomic E-state index is 0.00488. The first-order chi connectivity index (χ1) is 20.5. The number of anilines is 2. The summed E-state index contributed by atoms with van der Waals surface area (Å²) in [6.07, 6.45) is -7.89. The number of nitrogen functional groups attached to an aromatic ring is 2. The molecule has 0 aliphatic carbocycles. The number of hydrogen-bond donors (Lipinski definition) is 8. The molecule has 0 aromatic carbocycles. The topological polar surface area (TPSA) is 314 Å². The Morgan fingerprint density at radius 2 is 1.72 bits per heavy atom. The van der Waals surface area contributed by atoms with Crippen molar-refractivity contribution in [2.75, 3.05) is 24.4 Å². The highest BCUT2D eigenvalue weighted by molar-refractivity contribution is 7.52. The van der Waals surface area contributed by atoms with E-state index >= 15 is 0 Å². The van der Waals surface area contributed by atoms with E-state index in [0.717, 1.165) is 10.9 Å². The summed E-state index contributed by atoms with van der Waals surface area (Å²) in [6, 6.07) is 0. The number of hydrogen-bond acceptors (Lipinski definition) is 17. The van der Waals surface area contributed by atoms with Gasteiger partial charge in [0.2, 0.25) is 5.95 Å². The molecule has 10 N–H and O–H groups in total. The van der Waals surface area contributed by atoms with E-state index in [9.17, 15) is 34.7 Å². The number of fused-ring (bicyclic) bond motifs is 2. The van der Waals surface area contributed by atoms with Crippen LogP contribution in [0.25, 0.3) is 22.3 Å². The molecule has 9 atom stereocenters. The van der Waals surface area contributed by atoms with E-state index in [2.05, 4.69) is 29.9 Å². The predicted molar refractivity (Wildman–Crippen MR) is 140 cm³/mol. The lowest BCUT2D eigenvalue weighted by Crippen LogP contribution is -2.34. The fraction of sp³-hybridized carbons (Fsp3) is 0.524. The van der Waals surface area contributed by atoms with E-state index in [1.54, 1.807) is 0 Å². The quantitative estimate of drug-likeness (QED) is 0.0863. The Bertz CT molecular complexity index is 1750. The molecule has 0 saturated carbocycles.